The van der Waals surface area contributed by atoms with Crippen molar-refractivity contribution in [1.82, 2.24) is 5.06 Å². The molecule has 5 nitrogen and oxygen atoms in total. The Kier molecular flexibility index (Phi) is 4.93. The molecule has 0 bridgehead atoms. The van der Waals surface area contributed by atoms with E-state index in [9.17, 15) is 18.0 Å². The van der Waals surface area contributed by atoms with Crippen molar-refractivity contribution in [1.29, 1.82) is 0 Å². The van der Waals surface area contributed by atoms with Crippen molar-refractivity contribution < 1.29 is 22.8 Å². The molecule has 3 rings (SSSR count). The average molecular weight is 377 g/mol. The number of para-hydroxylation sites is 1. The number of halogens is 3. The van der Waals surface area contributed by atoms with E-state index in [0.29, 0.717) is 5.69 Å². The van der Waals surface area contributed by atoms with Crippen LogP contribution < -0.4 is 5.32 Å². The Morgan fingerprint density at radius 1 is 1.19 bits per heavy atom. The largest absolute Gasteiger partial charge is 0.416 e. The fourth-order valence-electron chi connectivity index (χ4n) is 2.83. The Morgan fingerprint density at radius 3 is 2.56 bits per heavy atom. The van der Waals surface area contributed by atoms with Crippen LogP contribution in [0.1, 0.15) is 24.5 Å². The van der Waals surface area contributed by atoms with Crippen molar-refractivity contribution in [3.63, 3.8) is 0 Å². The predicted molar refractivity (Wildman–Crippen MR) is 94.9 cm³/mol. The van der Waals surface area contributed by atoms with Gasteiger partial charge < -0.3 is 5.32 Å². The second-order valence-electron chi connectivity index (χ2n) is 6.37. The predicted octanol–water partition coefficient (Wildman–Crippen LogP) is 4.07. The van der Waals surface area contributed by atoms with Gasteiger partial charge in [-0.25, -0.2) is 14.9 Å². The number of hydroxylamine groups is 2. The van der Waals surface area contributed by atoms with E-state index < -0.39 is 17.5 Å². The van der Waals surface area contributed by atoms with Gasteiger partial charge in [0, 0.05) is 18.3 Å². The second-order valence-corrected chi connectivity index (χ2v) is 6.37. The molecule has 0 spiro atoms. The number of carbonyl (C=O) groups excluding carboxylic acids is 1. The maximum Gasteiger partial charge on any atom is 0.416 e. The van der Waals surface area contributed by atoms with Crippen LogP contribution in [0.3, 0.4) is 0 Å². The Hall–Kier alpha value is -2.87. The van der Waals surface area contributed by atoms with Gasteiger partial charge in [0.15, 0.2) is 11.6 Å². The standard InChI is InChI=1S/C19H18F3N3O2/c1-18(12-16(26)23-15-9-4-3-5-10-15)24-17(25(2)27-18)13-7-6-8-14(11-13)19(20,21)22/h3-11H,12H2,1-2H3,(H,23,26). The maximum absolute atomic E-state index is 12.9. The number of amidine groups is 1. The molecule has 1 heterocycles. The van der Waals surface area contributed by atoms with E-state index in [1.165, 1.54) is 17.2 Å². The molecule has 1 amide bonds. The van der Waals surface area contributed by atoms with Crippen LogP contribution in [-0.4, -0.2) is 29.6 Å². The van der Waals surface area contributed by atoms with Gasteiger partial charge in [0.25, 0.3) is 0 Å². The zero-order chi connectivity index (χ0) is 19.7. The van der Waals surface area contributed by atoms with Gasteiger partial charge in [0.2, 0.25) is 5.91 Å². The summed E-state index contributed by atoms with van der Waals surface area (Å²) in [5.74, 6) is -0.0812. The minimum Gasteiger partial charge on any atom is -0.326 e. The number of rotatable bonds is 4. The van der Waals surface area contributed by atoms with Crippen LogP contribution in [0.5, 0.6) is 0 Å². The molecule has 1 N–H and O–H groups in total. The van der Waals surface area contributed by atoms with Crippen molar-refractivity contribution in [2.24, 2.45) is 4.99 Å². The van der Waals surface area contributed by atoms with Gasteiger partial charge in [-0.15, -0.1) is 0 Å². The van der Waals surface area contributed by atoms with E-state index >= 15 is 0 Å². The highest BCUT2D eigenvalue weighted by molar-refractivity contribution is 5.99. The number of anilines is 1. The summed E-state index contributed by atoms with van der Waals surface area (Å²) in [6.07, 6.45) is -4.54. The highest BCUT2D eigenvalue weighted by atomic mass is 19.4. The van der Waals surface area contributed by atoms with E-state index in [1.807, 2.05) is 6.07 Å². The lowest BCUT2D eigenvalue weighted by atomic mass is 10.1. The molecule has 0 saturated carbocycles. The molecular formula is C19H18F3N3O2. The lowest BCUT2D eigenvalue weighted by Gasteiger charge is -2.21. The summed E-state index contributed by atoms with van der Waals surface area (Å²) < 4.78 is 38.8. The fraction of sp³-hybridized carbons (Fsp3) is 0.263. The molecule has 2 aromatic carbocycles. The minimum absolute atomic E-state index is 0.0886. The normalized spacial score (nSPS) is 19.7. The molecule has 142 valence electrons. The quantitative estimate of drug-likeness (QED) is 0.874. The first-order valence-corrected chi connectivity index (χ1v) is 8.21. The Bertz CT molecular complexity index is 868. The second kappa shape index (κ2) is 7.03. The van der Waals surface area contributed by atoms with Crippen LogP contribution in [-0.2, 0) is 15.8 Å². The fourth-order valence-corrected chi connectivity index (χ4v) is 2.83. The summed E-state index contributed by atoms with van der Waals surface area (Å²) in [6.45, 7) is 1.61. The molecule has 0 fully saturated rings. The topological polar surface area (TPSA) is 53.9 Å². The maximum atomic E-state index is 12.9. The third-order valence-electron chi connectivity index (χ3n) is 3.97. The molecule has 27 heavy (non-hydrogen) atoms. The van der Waals surface area contributed by atoms with E-state index in [4.69, 9.17) is 4.84 Å². The van der Waals surface area contributed by atoms with Crippen LogP contribution in [0, 0.1) is 0 Å². The van der Waals surface area contributed by atoms with Crippen molar-refractivity contribution in [2.75, 3.05) is 12.4 Å². The highest BCUT2D eigenvalue weighted by Crippen LogP contribution is 2.32. The Morgan fingerprint density at radius 2 is 1.89 bits per heavy atom. The van der Waals surface area contributed by atoms with Gasteiger partial charge in [0.05, 0.1) is 12.0 Å². The van der Waals surface area contributed by atoms with Gasteiger partial charge >= 0.3 is 6.18 Å². The molecule has 2 aromatic rings. The van der Waals surface area contributed by atoms with Gasteiger partial charge in [-0.1, -0.05) is 30.3 Å². The molecule has 8 heteroatoms. The zero-order valence-electron chi connectivity index (χ0n) is 14.7. The lowest BCUT2D eigenvalue weighted by Crippen LogP contribution is -2.32. The molecular weight excluding hydrogens is 359 g/mol. The van der Waals surface area contributed by atoms with Crippen LogP contribution >= 0.6 is 0 Å². The van der Waals surface area contributed by atoms with Crippen LogP contribution in [0.15, 0.2) is 59.6 Å². The summed E-state index contributed by atoms with van der Waals surface area (Å²) in [6, 6.07) is 13.7. The van der Waals surface area contributed by atoms with Crippen molar-refractivity contribution >= 4 is 17.4 Å². The summed E-state index contributed by atoms with van der Waals surface area (Å²) in [4.78, 5) is 22.3. The number of hydrogen-bond donors (Lipinski definition) is 1. The summed E-state index contributed by atoms with van der Waals surface area (Å²) >= 11 is 0. The number of carbonyl (C=O) groups is 1. The lowest BCUT2D eigenvalue weighted by molar-refractivity contribution is -0.164. The van der Waals surface area contributed by atoms with Crippen molar-refractivity contribution in [3.8, 4) is 0 Å². The average Bonchev–Trinajstić information content (AvgIpc) is 2.89. The van der Waals surface area contributed by atoms with E-state index in [1.54, 1.807) is 38.2 Å². The van der Waals surface area contributed by atoms with Crippen molar-refractivity contribution in [3.05, 3.63) is 65.7 Å². The molecule has 1 aliphatic rings. The van der Waals surface area contributed by atoms with Crippen LogP contribution in [0.25, 0.3) is 0 Å². The van der Waals surface area contributed by atoms with Gasteiger partial charge in [-0.2, -0.15) is 13.2 Å². The summed E-state index contributed by atoms with van der Waals surface area (Å²) in [7, 11) is 1.54. The van der Waals surface area contributed by atoms with Gasteiger partial charge in [-0.05, 0) is 31.2 Å². The first-order chi connectivity index (χ1) is 12.7. The minimum atomic E-state index is -4.45. The first-order valence-electron chi connectivity index (χ1n) is 8.21. The molecule has 1 unspecified atom stereocenters. The smallest absolute Gasteiger partial charge is 0.326 e. The number of nitrogens with zero attached hydrogens (tertiary/aromatic N) is 2. The van der Waals surface area contributed by atoms with Gasteiger partial charge in [-0.3, -0.25) is 4.79 Å². The SMILES string of the molecule is CN1OC(C)(CC(=O)Nc2ccccc2)N=C1c1cccc(C(F)(F)F)c1. The van der Waals surface area contributed by atoms with E-state index in [2.05, 4.69) is 10.3 Å². The summed E-state index contributed by atoms with van der Waals surface area (Å²) in [5.41, 5.74) is -1.08. The third kappa shape index (κ3) is 4.46. The van der Waals surface area contributed by atoms with Crippen LogP contribution in [0.4, 0.5) is 18.9 Å². The number of alkyl halides is 3. The molecule has 1 aliphatic heterocycles. The molecule has 0 aliphatic carbocycles. The molecule has 1 atom stereocenters. The first kappa shape index (κ1) is 18.9. The molecule has 0 saturated heterocycles. The number of benzene rings is 2. The zero-order valence-corrected chi connectivity index (χ0v) is 14.7. The van der Waals surface area contributed by atoms with Crippen molar-refractivity contribution in [2.45, 2.75) is 25.2 Å². The Balaban J connectivity index is 1.78. The van der Waals surface area contributed by atoms with E-state index in [0.717, 1.165) is 12.1 Å². The van der Waals surface area contributed by atoms with E-state index in [-0.39, 0.29) is 23.7 Å². The molecule has 0 aromatic heterocycles. The van der Waals surface area contributed by atoms with Crippen LogP contribution in [0.2, 0.25) is 0 Å². The number of amides is 1. The number of nitrogens with one attached hydrogen (secondary N) is 1. The third-order valence-corrected chi connectivity index (χ3v) is 3.97. The molecule has 0 radical (unpaired) electrons. The number of hydrogen-bond acceptors (Lipinski definition) is 4. The monoisotopic (exact) mass is 377 g/mol. The Labute approximate surface area is 154 Å². The summed E-state index contributed by atoms with van der Waals surface area (Å²) in [5, 5.41) is 4.02. The highest BCUT2D eigenvalue weighted by Gasteiger charge is 2.38. The van der Waals surface area contributed by atoms with Gasteiger partial charge in [0.1, 0.15) is 0 Å². The number of aliphatic imine (C=N–C) groups is 1.